The molecule has 0 bridgehead atoms. The molecule has 1 aromatic heterocycles. The summed E-state index contributed by atoms with van der Waals surface area (Å²) in [7, 11) is 0. The van der Waals surface area contributed by atoms with Gasteiger partial charge < -0.3 is 4.52 Å². The first-order valence-electron chi connectivity index (χ1n) is 14.5. The molecule has 7 unspecified atom stereocenters. The molecule has 3 fully saturated rings. The van der Waals surface area contributed by atoms with Crippen molar-refractivity contribution in [2.24, 2.45) is 45.8 Å². The highest BCUT2D eigenvalue weighted by molar-refractivity contribution is 6.02. The number of Topliss-reactive ketones (excluding diaryl/α,β-unsaturated/α-hetero) is 1. The van der Waals surface area contributed by atoms with Gasteiger partial charge in [0.05, 0.1) is 11.5 Å². The summed E-state index contributed by atoms with van der Waals surface area (Å²) in [5, 5.41) is 15.1. The number of carbonyl (C=O) groups excluding carboxylic acids is 2. The zero-order valence-corrected chi connectivity index (χ0v) is 24.0. The Kier molecular flexibility index (Phi) is 5.41. The predicted molar refractivity (Wildman–Crippen MR) is 143 cm³/mol. The summed E-state index contributed by atoms with van der Waals surface area (Å²) in [5.41, 5.74) is 1.04. The highest BCUT2D eigenvalue weighted by Gasteiger charge is 2.69. The van der Waals surface area contributed by atoms with Crippen molar-refractivity contribution >= 4 is 11.6 Å². The third kappa shape index (κ3) is 2.99. The van der Waals surface area contributed by atoms with Crippen LogP contribution in [0, 0.1) is 64.1 Å². The van der Waals surface area contributed by atoms with Gasteiger partial charge in [-0.15, -0.1) is 0 Å². The SMILES string of the molecule is CC1=C(C)C2C3=CC(=O)C4(C#N)C(CCC5(c6nc(C)no6)CCCCC54)C3CC(C)(C)C2C(C)(C)C1=O. The number of aromatic nitrogens is 2. The molecular formula is C32H41N3O3. The number of hydrogen-bond acceptors (Lipinski definition) is 6. The lowest BCUT2D eigenvalue weighted by molar-refractivity contribution is -0.146. The van der Waals surface area contributed by atoms with E-state index in [1.165, 1.54) is 5.57 Å². The zero-order chi connectivity index (χ0) is 27.4. The van der Waals surface area contributed by atoms with Gasteiger partial charge in [0.25, 0.3) is 0 Å². The Morgan fingerprint density at radius 3 is 2.45 bits per heavy atom. The summed E-state index contributed by atoms with van der Waals surface area (Å²) in [5.74, 6) is 1.62. The molecule has 0 radical (unpaired) electrons. The van der Waals surface area contributed by atoms with E-state index in [0.29, 0.717) is 11.7 Å². The van der Waals surface area contributed by atoms with Crippen LogP contribution in [0.15, 0.2) is 27.3 Å². The third-order valence-corrected chi connectivity index (χ3v) is 11.9. The first-order chi connectivity index (χ1) is 17.8. The lowest BCUT2D eigenvalue weighted by Gasteiger charge is -2.63. The number of aryl methyl sites for hydroxylation is 1. The van der Waals surface area contributed by atoms with E-state index >= 15 is 0 Å². The summed E-state index contributed by atoms with van der Waals surface area (Å²) in [6.45, 7) is 14.7. The molecular weight excluding hydrogens is 474 g/mol. The van der Waals surface area contributed by atoms with Gasteiger partial charge >= 0.3 is 0 Å². The second-order valence-electron chi connectivity index (χ2n) is 14.3. The van der Waals surface area contributed by atoms with Gasteiger partial charge in [-0.25, -0.2) is 0 Å². The van der Waals surface area contributed by atoms with Crippen LogP contribution >= 0.6 is 0 Å². The fraction of sp³-hybridized carbons (Fsp3) is 0.719. The summed E-state index contributed by atoms with van der Waals surface area (Å²) in [4.78, 5) is 32.6. The van der Waals surface area contributed by atoms with Crippen molar-refractivity contribution in [1.82, 2.24) is 10.1 Å². The van der Waals surface area contributed by atoms with Crippen LogP contribution in [0.5, 0.6) is 0 Å². The Bertz CT molecular complexity index is 1340. The number of ketones is 2. The average molecular weight is 516 g/mol. The molecule has 5 aliphatic carbocycles. The minimum Gasteiger partial charge on any atom is -0.339 e. The van der Waals surface area contributed by atoms with E-state index in [9.17, 15) is 14.9 Å². The average Bonchev–Trinajstić information content (AvgIpc) is 3.32. The molecule has 0 spiro atoms. The quantitative estimate of drug-likeness (QED) is 0.426. The maximum atomic E-state index is 14.5. The van der Waals surface area contributed by atoms with Crippen molar-refractivity contribution in [1.29, 1.82) is 5.26 Å². The van der Waals surface area contributed by atoms with E-state index in [-0.39, 0.29) is 46.6 Å². The molecule has 0 saturated heterocycles. The molecule has 38 heavy (non-hydrogen) atoms. The van der Waals surface area contributed by atoms with Gasteiger partial charge in [0, 0.05) is 11.3 Å². The topological polar surface area (TPSA) is 96.8 Å². The number of hydrogen-bond donors (Lipinski definition) is 0. The van der Waals surface area contributed by atoms with Crippen molar-refractivity contribution < 1.29 is 14.1 Å². The Morgan fingerprint density at radius 1 is 1.05 bits per heavy atom. The Morgan fingerprint density at radius 2 is 1.79 bits per heavy atom. The number of fused-ring (bicyclic) bond motifs is 7. The second kappa shape index (κ2) is 7.99. The first kappa shape index (κ1) is 25.7. The fourth-order valence-electron chi connectivity index (χ4n) is 10.5. The van der Waals surface area contributed by atoms with Crippen LogP contribution in [0.2, 0.25) is 0 Å². The molecule has 202 valence electrons. The minimum absolute atomic E-state index is 0.0259. The van der Waals surface area contributed by atoms with Gasteiger partial charge in [0.2, 0.25) is 5.89 Å². The van der Waals surface area contributed by atoms with Gasteiger partial charge in [-0.1, -0.05) is 56.8 Å². The first-order valence-corrected chi connectivity index (χ1v) is 14.5. The molecule has 6 heteroatoms. The van der Waals surface area contributed by atoms with E-state index < -0.39 is 16.2 Å². The van der Waals surface area contributed by atoms with Crippen LogP contribution in [0.3, 0.4) is 0 Å². The number of rotatable bonds is 1. The van der Waals surface area contributed by atoms with Gasteiger partial charge in [-0.3, -0.25) is 9.59 Å². The monoisotopic (exact) mass is 515 g/mol. The van der Waals surface area contributed by atoms with Crippen LogP contribution in [0.25, 0.3) is 0 Å². The Labute approximate surface area is 226 Å². The summed E-state index contributed by atoms with van der Waals surface area (Å²) < 4.78 is 5.80. The third-order valence-electron chi connectivity index (χ3n) is 11.9. The molecule has 7 atom stereocenters. The molecule has 0 amide bonds. The number of carbonyl (C=O) groups is 2. The standard InChI is InChI=1S/C32H41N3O3/c1-17-18(2)27(37)30(6,7)26-25(17)20-14-24(36)32(16-33)22(21(20)15-29(26,4)5)11-13-31(12-9-8-10-23(31)32)28-34-19(3)35-38-28/h14,21-23,25-26H,8-13,15H2,1-7H3. The Balaban J connectivity index is 1.54. The largest absolute Gasteiger partial charge is 0.339 e. The van der Waals surface area contributed by atoms with Crippen molar-refractivity contribution in [2.45, 2.75) is 98.8 Å². The summed E-state index contributed by atoms with van der Waals surface area (Å²) in [6.07, 6.45) is 8.23. The van der Waals surface area contributed by atoms with Crippen molar-refractivity contribution in [3.8, 4) is 6.07 Å². The molecule has 0 N–H and O–H groups in total. The molecule has 3 saturated carbocycles. The van der Waals surface area contributed by atoms with Gasteiger partial charge in [0.1, 0.15) is 5.41 Å². The molecule has 6 rings (SSSR count). The van der Waals surface area contributed by atoms with Crippen LogP contribution in [-0.4, -0.2) is 21.7 Å². The highest BCUT2D eigenvalue weighted by Crippen LogP contribution is 2.69. The van der Waals surface area contributed by atoms with Crippen LogP contribution in [0.1, 0.15) is 98.2 Å². The normalized spacial score (nSPS) is 41.3. The molecule has 1 aromatic rings. The van der Waals surface area contributed by atoms with E-state index in [1.54, 1.807) is 0 Å². The molecule has 6 nitrogen and oxygen atoms in total. The molecule has 0 aliphatic heterocycles. The van der Waals surface area contributed by atoms with Crippen molar-refractivity contribution in [2.75, 3.05) is 0 Å². The number of allylic oxidation sites excluding steroid dienone is 4. The Hall–Kier alpha value is -2.55. The lowest BCUT2D eigenvalue weighted by Crippen LogP contribution is -2.63. The van der Waals surface area contributed by atoms with Crippen molar-refractivity contribution in [3.05, 3.63) is 34.5 Å². The number of nitrogens with zero attached hydrogens (tertiary/aromatic N) is 3. The zero-order valence-electron chi connectivity index (χ0n) is 24.0. The summed E-state index contributed by atoms with van der Waals surface area (Å²) in [6, 6.07) is 2.70. The maximum absolute atomic E-state index is 14.5. The van der Waals surface area contributed by atoms with E-state index in [1.807, 2.05) is 19.9 Å². The van der Waals surface area contributed by atoms with E-state index in [0.717, 1.165) is 56.1 Å². The van der Waals surface area contributed by atoms with Gasteiger partial charge in [-0.2, -0.15) is 10.2 Å². The van der Waals surface area contributed by atoms with E-state index in [4.69, 9.17) is 4.52 Å². The predicted octanol–water partition coefficient (Wildman–Crippen LogP) is 6.46. The maximum Gasteiger partial charge on any atom is 0.233 e. The van der Waals surface area contributed by atoms with Gasteiger partial charge in [-0.05, 0) is 93.6 Å². The molecule has 1 heterocycles. The molecule has 5 aliphatic rings. The molecule has 0 aromatic carbocycles. The summed E-state index contributed by atoms with van der Waals surface area (Å²) >= 11 is 0. The number of nitriles is 1. The van der Waals surface area contributed by atoms with E-state index in [2.05, 4.69) is 50.8 Å². The fourth-order valence-corrected chi connectivity index (χ4v) is 10.5. The van der Waals surface area contributed by atoms with Crippen LogP contribution in [0.4, 0.5) is 0 Å². The van der Waals surface area contributed by atoms with Crippen LogP contribution < -0.4 is 0 Å². The smallest absolute Gasteiger partial charge is 0.233 e. The second-order valence-corrected chi connectivity index (χ2v) is 14.3. The van der Waals surface area contributed by atoms with Crippen LogP contribution in [-0.2, 0) is 15.0 Å². The lowest BCUT2D eigenvalue weighted by atomic mass is 9.38. The highest BCUT2D eigenvalue weighted by atomic mass is 16.5. The van der Waals surface area contributed by atoms with Crippen molar-refractivity contribution in [3.63, 3.8) is 0 Å². The van der Waals surface area contributed by atoms with Gasteiger partial charge in [0.15, 0.2) is 17.4 Å². The minimum atomic E-state index is -1.08.